The van der Waals surface area contributed by atoms with E-state index >= 15 is 0 Å². The van der Waals surface area contributed by atoms with E-state index in [0.717, 1.165) is 25.7 Å². The summed E-state index contributed by atoms with van der Waals surface area (Å²) in [4.78, 5) is 0. The van der Waals surface area contributed by atoms with Crippen molar-refractivity contribution in [2.24, 2.45) is 0 Å². The molecule has 3 heteroatoms. The number of rotatable bonds is 4. The quantitative estimate of drug-likeness (QED) is 0.692. The molecule has 0 amide bonds. The summed E-state index contributed by atoms with van der Waals surface area (Å²) >= 11 is 0. The Morgan fingerprint density at radius 3 is 3.14 bits per heavy atom. The lowest BCUT2D eigenvalue weighted by Crippen LogP contribution is -2.49. The molecule has 1 aliphatic carbocycles. The summed E-state index contributed by atoms with van der Waals surface area (Å²) in [6.45, 7) is 4.33. The Balaban J connectivity index is 2.59. The van der Waals surface area contributed by atoms with E-state index in [-0.39, 0.29) is 6.10 Å². The van der Waals surface area contributed by atoms with Gasteiger partial charge in [-0.3, -0.25) is 5.32 Å². The minimum atomic E-state index is -0.396. The van der Waals surface area contributed by atoms with Gasteiger partial charge in [0, 0.05) is 20.1 Å². The van der Waals surface area contributed by atoms with Crippen LogP contribution in [0.3, 0.4) is 0 Å². The molecule has 0 aromatic carbocycles. The molecule has 0 saturated heterocycles. The average Bonchev–Trinajstić information content (AvgIpc) is 2.26. The van der Waals surface area contributed by atoms with Crippen LogP contribution in [0.25, 0.3) is 0 Å². The van der Waals surface area contributed by atoms with E-state index < -0.39 is 5.54 Å². The highest BCUT2D eigenvalue weighted by Crippen LogP contribution is 2.29. The zero-order valence-electron chi connectivity index (χ0n) is 8.75. The van der Waals surface area contributed by atoms with Gasteiger partial charge >= 0.3 is 0 Å². The van der Waals surface area contributed by atoms with Crippen molar-refractivity contribution in [3.05, 3.63) is 12.7 Å². The maximum absolute atomic E-state index is 9.18. The molecule has 0 bridgehead atoms. The Morgan fingerprint density at radius 2 is 2.57 bits per heavy atom. The van der Waals surface area contributed by atoms with Crippen molar-refractivity contribution in [3.8, 4) is 6.07 Å². The van der Waals surface area contributed by atoms with Crippen molar-refractivity contribution >= 4 is 0 Å². The Kier molecular flexibility index (Phi) is 4.12. The number of hydrogen-bond donors (Lipinski definition) is 1. The molecule has 1 rings (SSSR count). The average molecular weight is 194 g/mol. The Bertz CT molecular complexity index is 234. The first-order valence-electron chi connectivity index (χ1n) is 5.06. The summed E-state index contributed by atoms with van der Waals surface area (Å²) in [5.41, 5.74) is -0.396. The summed E-state index contributed by atoms with van der Waals surface area (Å²) in [7, 11) is 1.71. The maximum atomic E-state index is 9.18. The number of nitriles is 1. The zero-order chi connectivity index (χ0) is 10.4. The Hall–Kier alpha value is -0.850. The molecule has 78 valence electrons. The summed E-state index contributed by atoms with van der Waals surface area (Å²) in [5, 5.41) is 12.4. The van der Waals surface area contributed by atoms with Gasteiger partial charge in [-0.15, -0.1) is 6.58 Å². The van der Waals surface area contributed by atoms with Gasteiger partial charge in [0.05, 0.1) is 12.2 Å². The second-order valence-corrected chi connectivity index (χ2v) is 3.82. The lowest BCUT2D eigenvalue weighted by atomic mass is 9.81. The van der Waals surface area contributed by atoms with Crippen molar-refractivity contribution in [1.29, 1.82) is 5.26 Å². The van der Waals surface area contributed by atoms with E-state index in [1.165, 1.54) is 0 Å². The molecule has 0 aromatic rings. The first-order chi connectivity index (χ1) is 6.76. The minimum absolute atomic E-state index is 0.223. The lowest BCUT2D eigenvalue weighted by molar-refractivity contribution is 0.0458. The molecule has 1 fully saturated rings. The fourth-order valence-corrected chi connectivity index (χ4v) is 1.99. The molecule has 0 aromatic heterocycles. The van der Waals surface area contributed by atoms with Gasteiger partial charge in [-0.1, -0.05) is 6.08 Å². The Labute approximate surface area is 85.7 Å². The predicted molar refractivity (Wildman–Crippen MR) is 55.8 cm³/mol. The van der Waals surface area contributed by atoms with Crippen molar-refractivity contribution in [2.45, 2.75) is 37.3 Å². The van der Waals surface area contributed by atoms with Crippen molar-refractivity contribution < 1.29 is 4.74 Å². The molecule has 0 aliphatic heterocycles. The van der Waals surface area contributed by atoms with Crippen molar-refractivity contribution in [2.75, 3.05) is 13.7 Å². The molecule has 1 N–H and O–H groups in total. The van der Waals surface area contributed by atoms with Gasteiger partial charge in [0.15, 0.2) is 0 Å². The highest BCUT2D eigenvalue weighted by molar-refractivity contribution is 5.10. The van der Waals surface area contributed by atoms with Gasteiger partial charge in [-0.05, 0) is 19.3 Å². The van der Waals surface area contributed by atoms with Crippen LogP contribution >= 0.6 is 0 Å². The summed E-state index contributed by atoms with van der Waals surface area (Å²) in [6, 6.07) is 2.38. The number of ether oxygens (including phenoxy) is 1. The van der Waals surface area contributed by atoms with Gasteiger partial charge in [0.25, 0.3) is 0 Å². The van der Waals surface area contributed by atoms with Gasteiger partial charge in [-0.25, -0.2) is 0 Å². The van der Waals surface area contributed by atoms with Gasteiger partial charge in [-0.2, -0.15) is 5.26 Å². The van der Waals surface area contributed by atoms with Gasteiger partial charge in [0.2, 0.25) is 0 Å². The first-order valence-corrected chi connectivity index (χ1v) is 5.06. The van der Waals surface area contributed by atoms with Crippen LogP contribution in [0.15, 0.2) is 12.7 Å². The van der Waals surface area contributed by atoms with Crippen LogP contribution in [0.2, 0.25) is 0 Å². The van der Waals surface area contributed by atoms with Crippen molar-refractivity contribution in [1.82, 2.24) is 5.32 Å². The molecule has 2 atom stereocenters. The highest BCUT2D eigenvalue weighted by atomic mass is 16.5. The molecular formula is C11H18N2O. The number of hydrogen-bond acceptors (Lipinski definition) is 3. The first kappa shape index (κ1) is 11.2. The second-order valence-electron chi connectivity index (χ2n) is 3.82. The molecule has 2 unspecified atom stereocenters. The largest absolute Gasteiger partial charge is 0.381 e. The smallest absolute Gasteiger partial charge is 0.109 e. The molecule has 3 nitrogen and oxygen atoms in total. The topological polar surface area (TPSA) is 45.0 Å². The SMILES string of the molecule is C=CCNC1(C#N)CCCC(OC)C1. The monoisotopic (exact) mass is 194 g/mol. The third kappa shape index (κ3) is 2.57. The van der Waals surface area contributed by atoms with E-state index in [0.29, 0.717) is 6.54 Å². The minimum Gasteiger partial charge on any atom is -0.381 e. The fourth-order valence-electron chi connectivity index (χ4n) is 1.99. The molecule has 14 heavy (non-hydrogen) atoms. The molecule has 0 heterocycles. The molecule has 0 spiro atoms. The van der Waals surface area contributed by atoms with E-state index in [2.05, 4.69) is 18.0 Å². The summed E-state index contributed by atoms with van der Waals surface area (Å²) < 4.78 is 5.31. The fraction of sp³-hybridized carbons (Fsp3) is 0.727. The van der Waals surface area contributed by atoms with Crippen LogP contribution in [0.1, 0.15) is 25.7 Å². The standard InChI is InChI=1S/C11H18N2O/c1-3-7-13-11(9-12)6-4-5-10(8-11)14-2/h3,10,13H,1,4-8H2,2H3. The molecule has 1 saturated carbocycles. The third-order valence-corrected chi connectivity index (χ3v) is 2.84. The summed E-state index contributed by atoms with van der Waals surface area (Å²) in [6.07, 6.45) is 5.83. The van der Waals surface area contributed by atoms with Crippen molar-refractivity contribution in [3.63, 3.8) is 0 Å². The second kappa shape index (κ2) is 5.14. The number of nitrogens with one attached hydrogen (secondary N) is 1. The zero-order valence-corrected chi connectivity index (χ0v) is 8.75. The van der Waals surface area contributed by atoms with Gasteiger partial charge in [0.1, 0.15) is 5.54 Å². The molecular weight excluding hydrogens is 176 g/mol. The Morgan fingerprint density at radius 1 is 1.79 bits per heavy atom. The van der Waals surface area contributed by atoms with Crippen LogP contribution < -0.4 is 5.32 Å². The lowest BCUT2D eigenvalue weighted by Gasteiger charge is -2.35. The molecule has 0 radical (unpaired) electrons. The van der Waals surface area contributed by atoms with Crippen LogP contribution in [-0.2, 0) is 4.74 Å². The number of methoxy groups -OCH3 is 1. The highest BCUT2D eigenvalue weighted by Gasteiger charge is 2.35. The summed E-state index contributed by atoms with van der Waals surface area (Å²) in [5.74, 6) is 0. The van der Waals surface area contributed by atoms with Crippen LogP contribution in [0, 0.1) is 11.3 Å². The van der Waals surface area contributed by atoms with Crippen LogP contribution in [0.5, 0.6) is 0 Å². The van der Waals surface area contributed by atoms with Crippen LogP contribution in [0.4, 0.5) is 0 Å². The molecule has 1 aliphatic rings. The third-order valence-electron chi connectivity index (χ3n) is 2.84. The van der Waals surface area contributed by atoms with E-state index in [4.69, 9.17) is 4.74 Å². The maximum Gasteiger partial charge on any atom is 0.109 e. The van der Waals surface area contributed by atoms with E-state index in [9.17, 15) is 5.26 Å². The predicted octanol–water partition coefficient (Wildman–Crippen LogP) is 1.61. The number of nitrogens with zero attached hydrogens (tertiary/aromatic N) is 1. The normalized spacial score (nSPS) is 32.1. The van der Waals surface area contributed by atoms with Gasteiger partial charge < -0.3 is 4.74 Å². The van der Waals surface area contributed by atoms with E-state index in [1.807, 2.05) is 0 Å². The van der Waals surface area contributed by atoms with Crippen LogP contribution in [-0.4, -0.2) is 25.3 Å². The van der Waals surface area contributed by atoms with E-state index in [1.54, 1.807) is 13.2 Å².